The maximum atomic E-state index is 14.5. The smallest absolute Gasteiger partial charge is 0.165 e. The van der Waals surface area contributed by atoms with Gasteiger partial charge in [-0.25, -0.2) is 18.7 Å². The Hall–Kier alpha value is -4.91. The average Bonchev–Trinajstić information content (AvgIpc) is 2.95. The minimum atomic E-state index is -0.946. The SMILES string of the molecule is N=C(c1ccc(F)c(N)n1)c1cc(F)cnc1NC(c1ccccc1)(c1ccccc1)c1ccccc1. The molecule has 7 heteroatoms. The van der Waals surface area contributed by atoms with Crippen LogP contribution in [0.4, 0.5) is 20.4 Å². The number of benzene rings is 3. The number of hydrogen-bond donors (Lipinski definition) is 3. The summed E-state index contributed by atoms with van der Waals surface area (Å²) in [5.74, 6) is -1.39. The van der Waals surface area contributed by atoms with Crippen LogP contribution in [0, 0.1) is 17.0 Å². The van der Waals surface area contributed by atoms with Crippen LogP contribution in [-0.2, 0) is 5.54 Å². The minimum Gasteiger partial charge on any atom is -0.381 e. The van der Waals surface area contributed by atoms with Gasteiger partial charge in [-0.3, -0.25) is 5.41 Å². The van der Waals surface area contributed by atoms with Crippen molar-refractivity contribution in [2.24, 2.45) is 0 Å². The highest BCUT2D eigenvalue weighted by atomic mass is 19.1. The highest BCUT2D eigenvalue weighted by Crippen LogP contribution is 2.40. The molecule has 2 heterocycles. The fourth-order valence-electron chi connectivity index (χ4n) is 4.42. The Kier molecular flexibility index (Phi) is 6.43. The molecule has 0 aliphatic carbocycles. The Morgan fingerprint density at radius 2 is 1.27 bits per heavy atom. The van der Waals surface area contributed by atoms with Crippen LogP contribution in [0.5, 0.6) is 0 Å². The first-order chi connectivity index (χ1) is 18.0. The van der Waals surface area contributed by atoms with Crippen molar-refractivity contribution < 1.29 is 8.78 Å². The lowest BCUT2D eigenvalue weighted by Gasteiger charge is -2.38. The molecule has 2 aromatic heterocycles. The number of aromatic nitrogens is 2. The van der Waals surface area contributed by atoms with E-state index in [2.05, 4.69) is 15.3 Å². The van der Waals surface area contributed by atoms with Gasteiger partial charge in [0.2, 0.25) is 0 Å². The Morgan fingerprint density at radius 1 is 0.757 bits per heavy atom. The molecule has 0 bridgehead atoms. The summed E-state index contributed by atoms with van der Waals surface area (Å²) in [7, 11) is 0. The largest absolute Gasteiger partial charge is 0.381 e. The van der Waals surface area contributed by atoms with E-state index in [1.165, 1.54) is 12.1 Å². The van der Waals surface area contributed by atoms with Crippen LogP contribution < -0.4 is 11.1 Å². The van der Waals surface area contributed by atoms with Gasteiger partial charge in [-0.1, -0.05) is 91.0 Å². The molecule has 0 saturated heterocycles. The van der Waals surface area contributed by atoms with Gasteiger partial charge in [0.15, 0.2) is 11.6 Å². The molecular weight excluding hydrogens is 468 g/mol. The van der Waals surface area contributed by atoms with Crippen LogP contribution in [-0.4, -0.2) is 15.7 Å². The van der Waals surface area contributed by atoms with Crippen molar-refractivity contribution in [2.45, 2.75) is 5.54 Å². The molecule has 5 nitrogen and oxygen atoms in total. The number of nitrogens with two attached hydrogens (primary N) is 1. The van der Waals surface area contributed by atoms with Gasteiger partial charge in [0.25, 0.3) is 0 Å². The van der Waals surface area contributed by atoms with Crippen molar-refractivity contribution in [1.29, 1.82) is 5.41 Å². The molecule has 0 aliphatic heterocycles. The zero-order valence-corrected chi connectivity index (χ0v) is 19.7. The maximum absolute atomic E-state index is 14.5. The van der Waals surface area contributed by atoms with E-state index in [9.17, 15) is 8.78 Å². The second-order valence-corrected chi connectivity index (χ2v) is 8.46. The number of halogens is 2. The normalized spacial score (nSPS) is 11.2. The van der Waals surface area contributed by atoms with E-state index >= 15 is 0 Å². The molecule has 3 aromatic carbocycles. The molecule has 0 amide bonds. The zero-order chi connectivity index (χ0) is 25.8. The summed E-state index contributed by atoms with van der Waals surface area (Å²) in [6, 6.07) is 33.2. The predicted octanol–water partition coefficient (Wildman–Crippen LogP) is 6.16. The van der Waals surface area contributed by atoms with Crippen LogP contribution in [0.2, 0.25) is 0 Å². The first-order valence-electron chi connectivity index (χ1n) is 11.6. The van der Waals surface area contributed by atoms with E-state index in [-0.39, 0.29) is 28.6 Å². The Balaban J connectivity index is 1.74. The first kappa shape index (κ1) is 23.8. The second kappa shape index (κ2) is 9.99. The van der Waals surface area contributed by atoms with Gasteiger partial charge in [0.1, 0.15) is 17.2 Å². The van der Waals surface area contributed by atoms with Gasteiger partial charge in [-0.2, -0.15) is 0 Å². The molecule has 0 radical (unpaired) electrons. The molecule has 0 spiro atoms. The molecule has 4 N–H and O–H groups in total. The maximum Gasteiger partial charge on any atom is 0.165 e. The fraction of sp³-hybridized carbons (Fsp3) is 0.0333. The van der Waals surface area contributed by atoms with Crippen molar-refractivity contribution in [2.75, 3.05) is 11.1 Å². The van der Waals surface area contributed by atoms with Gasteiger partial charge in [0, 0.05) is 5.56 Å². The number of nitrogens with one attached hydrogen (secondary N) is 2. The van der Waals surface area contributed by atoms with Crippen LogP contribution in [0.15, 0.2) is 115 Å². The van der Waals surface area contributed by atoms with Crippen molar-refractivity contribution >= 4 is 17.3 Å². The predicted molar refractivity (Wildman–Crippen MR) is 142 cm³/mol. The number of pyridine rings is 2. The fourth-order valence-corrected chi connectivity index (χ4v) is 4.42. The molecule has 37 heavy (non-hydrogen) atoms. The molecule has 0 saturated carbocycles. The van der Waals surface area contributed by atoms with Gasteiger partial charge in [0.05, 0.1) is 17.6 Å². The van der Waals surface area contributed by atoms with Crippen molar-refractivity contribution in [1.82, 2.24) is 9.97 Å². The molecule has 182 valence electrons. The third-order valence-corrected chi connectivity index (χ3v) is 6.18. The highest BCUT2D eigenvalue weighted by Gasteiger charge is 2.37. The number of hydrogen-bond acceptors (Lipinski definition) is 5. The molecule has 0 unspecified atom stereocenters. The second-order valence-electron chi connectivity index (χ2n) is 8.46. The Labute approximate surface area is 213 Å². The zero-order valence-electron chi connectivity index (χ0n) is 19.7. The van der Waals surface area contributed by atoms with E-state index in [1.54, 1.807) is 0 Å². The molecule has 0 fully saturated rings. The lowest BCUT2D eigenvalue weighted by Crippen LogP contribution is -2.39. The summed E-state index contributed by atoms with van der Waals surface area (Å²) in [6.45, 7) is 0. The number of rotatable bonds is 7. The molecular formula is C30H23F2N5. The molecule has 0 atom stereocenters. The average molecular weight is 492 g/mol. The third kappa shape index (κ3) is 4.54. The summed E-state index contributed by atoms with van der Waals surface area (Å²) in [6.07, 6.45) is 1.09. The summed E-state index contributed by atoms with van der Waals surface area (Å²) in [5.41, 5.74) is 7.56. The standard InChI is InChI=1S/C30H23F2N5/c31-23-18-24(27(33)26-17-16-25(32)28(34)36-26)29(35-19-23)37-30(20-10-4-1-5-11-20,21-12-6-2-7-13-21)22-14-8-3-9-15-22/h1-19,33H,(H2,34,36)(H,35,37). The number of anilines is 2. The first-order valence-corrected chi connectivity index (χ1v) is 11.6. The van der Waals surface area contributed by atoms with Crippen LogP contribution in [0.1, 0.15) is 27.9 Å². The molecule has 0 aliphatic rings. The number of nitrogen functional groups attached to an aromatic ring is 1. The van der Waals surface area contributed by atoms with Gasteiger partial charge in [-0.05, 0) is 34.9 Å². The van der Waals surface area contributed by atoms with E-state index in [1.807, 2.05) is 91.0 Å². The molecule has 5 rings (SSSR count). The van der Waals surface area contributed by atoms with E-state index in [0.29, 0.717) is 0 Å². The molecule has 5 aromatic rings. The van der Waals surface area contributed by atoms with Crippen LogP contribution in [0.3, 0.4) is 0 Å². The number of nitrogens with zero attached hydrogens (tertiary/aromatic N) is 2. The van der Waals surface area contributed by atoms with Crippen LogP contribution in [0.25, 0.3) is 0 Å². The topological polar surface area (TPSA) is 87.7 Å². The van der Waals surface area contributed by atoms with E-state index < -0.39 is 17.2 Å². The van der Waals surface area contributed by atoms with E-state index in [4.69, 9.17) is 11.1 Å². The highest BCUT2D eigenvalue weighted by molar-refractivity contribution is 6.12. The van der Waals surface area contributed by atoms with Crippen molar-refractivity contribution in [3.8, 4) is 0 Å². The monoisotopic (exact) mass is 491 g/mol. The van der Waals surface area contributed by atoms with Crippen molar-refractivity contribution in [3.63, 3.8) is 0 Å². The third-order valence-electron chi connectivity index (χ3n) is 6.18. The lowest BCUT2D eigenvalue weighted by molar-refractivity contribution is 0.619. The van der Waals surface area contributed by atoms with Crippen LogP contribution >= 0.6 is 0 Å². The van der Waals surface area contributed by atoms with Gasteiger partial charge < -0.3 is 11.1 Å². The summed E-state index contributed by atoms with van der Waals surface area (Å²) in [4.78, 5) is 8.36. The van der Waals surface area contributed by atoms with Crippen molar-refractivity contribution in [3.05, 3.63) is 155 Å². The Morgan fingerprint density at radius 3 is 1.76 bits per heavy atom. The quantitative estimate of drug-likeness (QED) is 0.188. The summed E-state index contributed by atoms with van der Waals surface area (Å²) < 4.78 is 28.2. The summed E-state index contributed by atoms with van der Waals surface area (Å²) in [5, 5.41) is 12.4. The Bertz CT molecular complexity index is 1440. The van der Waals surface area contributed by atoms with Gasteiger partial charge >= 0.3 is 0 Å². The minimum absolute atomic E-state index is 0.0964. The van der Waals surface area contributed by atoms with Gasteiger partial charge in [-0.15, -0.1) is 0 Å². The van der Waals surface area contributed by atoms with E-state index in [0.717, 1.165) is 29.0 Å². The lowest BCUT2D eigenvalue weighted by atomic mass is 9.77. The summed E-state index contributed by atoms with van der Waals surface area (Å²) >= 11 is 0.